The van der Waals surface area contributed by atoms with E-state index in [0.29, 0.717) is 17.9 Å². The van der Waals surface area contributed by atoms with Crippen LogP contribution in [0.1, 0.15) is 5.56 Å². The van der Waals surface area contributed by atoms with Crippen molar-refractivity contribution in [1.82, 2.24) is 5.32 Å². The van der Waals surface area contributed by atoms with Crippen LogP contribution in [-0.4, -0.2) is 6.41 Å². The fraction of sp³-hybridized carbons (Fsp3) is 0.125. The summed E-state index contributed by atoms with van der Waals surface area (Å²) in [6, 6.07) is 5.30. The molecular weight excluding hydrogens is 154 g/mol. The molecule has 12 heavy (non-hydrogen) atoms. The van der Waals surface area contributed by atoms with Crippen molar-refractivity contribution in [3.05, 3.63) is 23.8 Å². The Balaban J connectivity index is 2.84. The van der Waals surface area contributed by atoms with Gasteiger partial charge in [-0.05, 0) is 11.6 Å². The second kappa shape index (κ2) is 3.61. The SMILES string of the molecule is Nc1cccc(CN[C]=O)c1N. The van der Waals surface area contributed by atoms with Gasteiger partial charge in [0.25, 0.3) is 0 Å². The van der Waals surface area contributed by atoms with E-state index in [-0.39, 0.29) is 0 Å². The molecule has 0 aliphatic rings. The first-order chi connectivity index (χ1) is 5.75. The normalized spacial score (nSPS) is 9.33. The van der Waals surface area contributed by atoms with Gasteiger partial charge in [-0.15, -0.1) is 0 Å². The van der Waals surface area contributed by atoms with Gasteiger partial charge in [-0.3, -0.25) is 4.79 Å². The highest BCUT2D eigenvalue weighted by atomic mass is 16.1. The maximum absolute atomic E-state index is 9.87. The summed E-state index contributed by atoms with van der Waals surface area (Å²) in [7, 11) is 0. The molecule has 4 heteroatoms. The molecule has 0 fully saturated rings. The van der Waals surface area contributed by atoms with E-state index in [1.54, 1.807) is 24.6 Å². The Morgan fingerprint density at radius 1 is 1.42 bits per heavy atom. The van der Waals surface area contributed by atoms with Crippen molar-refractivity contribution in [3.8, 4) is 0 Å². The molecule has 1 amide bonds. The van der Waals surface area contributed by atoms with Gasteiger partial charge in [0, 0.05) is 6.54 Å². The summed E-state index contributed by atoms with van der Waals surface area (Å²) in [6.45, 7) is 0.361. The number of rotatable bonds is 3. The molecule has 0 saturated heterocycles. The number of para-hydroxylation sites is 1. The number of benzene rings is 1. The molecule has 0 heterocycles. The lowest BCUT2D eigenvalue weighted by atomic mass is 10.1. The van der Waals surface area contributed by atoms with Crippen LogP contribution < -0.4 is 16.8 Å². The smallest absolute Gasteiger partial charge is 0.309 e. The first-order valence-corrected chi connectivity index (χ1v) is 3.48. The van der Waals surface area contributed by atoms with E-state index in [1.165, 1.54) is 0 Å². The minimum atomic E-state index is 0.361. The van der Waals surface area contributed by atoms with Gasteiger partial charge in [-0.1, -0.05) is 12.1 Å². The average molecular weight is 164 g/mol. The van der Waals surface area contributed by atoms with Gasteiger partial charge >= 0.3 is 6.41 Å². The van der Waals surface area contributed by atoms with Crippen molar-refractivity contribution in [1.29, 1.82) is 0 Å². The van der Waals surface area contributed by atoms with Crippen LogP contribution >= 0.6 is 0 Å². The van der Waals surface area contributed by atoms with Crippen molar-refractivity contribution < 1.29 is 4.79 Å². The van der Waals surface area contributed by atoms with Gasteiger partial charge in [0.15, 0.2) is 0 Å². The summed E-state index contributed by atoms with van der Waals surface area (Å²) in [5.41, 5.74) is 13.0. The minimum absolute atomic E-state index is 0.361. The number of nitrogens with two attached hydrogens (primary N) is 2. The van der Waals surface area contributed by atoms with Crippen LogP contribution in [0.15, 0.2) is 18.2 Å². The quantitative estimate of drug-likeness (QED) is 0.434. The number of carbonyl (C=O) groups excluding carboxylic acids is 1. The first-order valence-electron chi connectivity index (χ1n) is 3.48. The topological polar surface area (TPSA) is 81.1 Å². The van der Waals surface area contributed by atoms with Crippen molar-refractivity contribution >= 4 is 17.8 Å². The Morgan fingerprint density at radius 2 is 2.17 bits per heavy atom. The van der Waals surface area contributed by atoms with Crippen LogP contribution in [0.5, 0.6) is 0 Å². The summed E-state index contributed by atoms with van der Waals surface area (Å²) in [5, 5.41) is 2.39. The zero-order chi connectivity index (χ0) is 8.97. The van der Waals surface area contributed by atoms with Crippen LogP contribution in [0, 0.1) is 0 Å². The van der Waals surface area contributed by atoms with E-state index in [9.17, 15) is 4.79 Å². The number of anilines is 2. The Kier molecular flexibility index (Phi) is 2.53. The molecule has 0 saturated carbocycles. The third-order valence-corrected chi connectivity index (χ3v) is 1.58. The molecule has 4 nitrogen and oxygen atoms in total. The highest BCUT2D eigenvalue weighted by Crippen LogP contribution is 2.18. The molecule has 63 valence electrons. The Hall–Kier alpha value is -1.71. The highest BCUT2D eigenvalue weighted by molar-refractivity contribution is 5.67. The maximum Gasteiger partial charge on any atom is 0.309 e. The van der Waals surface area contributed by atoms with E-state index in [2.05, 4.69) is 5.32 Å². The number of nitrogens with one attached hydrogen (secondary N) is 1. The van der Waals surface area contributed by atoms with Crippen LogP contribution in [0.4, 0.5) is 11.4 Å². The van der Waals surface area contributed by atoms with Crippen molar-refractivity contribution in [2.75, 3.05) is 11.5 Å². The van der Waals surface area contributed by atoms with Gasteiger partial charge in [-0.25, -0.2) is 0 Å². The first kappa shape index (κ1) is 8.39. The lowest BCUT2D eigenvalue weighted by molar-refractivity contribution is 0.542. The molecule has 1 radical (unpaired) electrons. The molecule has 0 aromatic heterocycles. The zero-order valence-corrected chi connectivity index (χ0v) is 6.50. The molecule has 0 spiro atoms. The Labute approximate surface area is 70.6 Å². The molecule has 1 aromatic carbocycles. The van der Waals surface area contributed by atoms with Crippen molar-refractivity contribution in [2.45, 2.75) is 6.54 Å². The number of nitrogen functional groups attached to an aromatic ring is 2. The lowest BCUT2D eigenvalue weighted by Gasteiger charge is -2.05. The summed E-state index contributed by atoms with van der Waals surface area (Å²) in [6.07, 6.45) is 1.57. The summed E-state index contributed by atoms with van der Waals surface area (Å²) in [5.74, 6) is 0. The van der Waals surface area contributed by atoms with E-state index in [4.69, 9.17) is 11.5 Å². The van der Waals surface area contributed by atoms with Crippen LogP contribution in [0.25, 0.3) is 0 Å². The molecule has 0 atom stereocenters. The molecule has 0 bridgehead atoms. The van der Waals surface area contributed by atoms with Gasteiger partial charge in [0.2, 0.25) is 0 Å². The highest BCUT2D eigenvalue weighted by Gasteiger charge is 2.00. The molecule has 1 aromatic rings. The Morgan fingerprint density at radius 3 is 2.83 bits per heavy atom. The van der Waals surface area contributed by atoms with Crippen LogP contribution in [0.2, 0.25) is 0 Å². The molecule has 0 aliphatic carbocycles. The average Bonchev–Trinajstić information content (AvgIpc) is 2.08. The Bertz CT molecular complexity index is 286. The van der Waals surface area contributed by atoms with Crippen LogP contribution in [0.3, 0.4) is 0 Å². The van der Waals surface area contributed by atoms with E-state index >= 15 is 0 Å². The third-order valence-electron chi connectivity index (χ3n) is 1.58. The predicted octanol–water partition coefficient (Wildman–Crippen LogP) is 0.00780. The van der Waals surface area contributed by atoms with Gasteiger partial charge in [0.05, 0.1) is 11.4 Å². The summed E-state index contributed by atoms with van der Waals surface area (Å²) < 4.78 is 0. The molecule has 5 N–H and O–H groups in total. The molecular formula is C8H10N3O. The predicted molar refractivity (Wildman–Crippen MR) is 47.8 cm³/mol. The van der Waals surface area contributed by atoms with E-state index in [0.717, 1.165) is 5.56 Å². The van der Waals surface area contributed by atoms with Gasteiger partial charge in [-0.2, -0.15) is 0 Å². The minimum Gasteiger partial charge on any atom is -0.397 e. The third kappa shape index (κ3) is 1.66. The number of hydrogen-bond acceptors (Lipinski definition) is 3. The standard InChI is InChI=1S/C8H10N3O/c9-7-3-1-2-6(8(7)10)4-11-5-12/h1-3H,4,9-10H2,(H,11,12). The van der Waals surface area contributed by atoms with Gasteiger partial charge in [0.1, 0.15) is 0 Å². The van der Waals surface area contributed by atoms with Crippen LogP contribution in [-0.2, 0) is 11.3 Å². The second-order valence-corrected chi connectivity index (χ2v) is 2.38. The fourth-order valence-corrected chi connectivity index (χ4v) is 0.918. The molecule has 0 unspecified atom stereocenters. The number of amides is 1. The van der Waals surface area contributed by atoms with Crippen molar-refractivity contribution in [3.63, 3.8) is 0 Å². The summed E-state index contributed by atoms with van der Waals surface area (Å²) in [4.78, 5) is 9.87. The molecule has 0 aliphatic heterocycles. The van der Waals surface area contributed by atoms with Crippen molar-refractivity contribution in [2.24, 2.45) is 0 Å². The fourth-order valence-electron chi connectivity index (χ4n) is 0.918. The lowest BCUT2D eigenvalue weighted by Crippen LogP contribution is -2.12. The largest absolute Gasteiger partial charge is 0.397 e. The van der Waals surface area contributed by atoms with E-state index < -0.39 is 0 Å². The zero-order valence-electron chi connectivity index (χ0n) is 6.50. The number of hydrogen-bond donors (Lipinski definition) is 3. The molecule has 1 rings (SSSR count). The maximum atomic E-state index is 9.87. The summed E-state index contributed by atoms with van der Waals surface area (Å²) >= 11 is 0. The van der Waals surface area contributed by atoms with Gasteiger partial charge < -0.3 is 16.8 Å². The van der Waals surface area contributed by atoms with E-state index in [1.807, 2.05) is 0 Å². The monoisotopic (exact) mass is 164 g/mol. The second-order valence-electron chi connectivity index (χ2n) is 2.38.